The number of alkyl halides is 3. The van der Waals surface area contributed by atoms with E-state index in [1.807, 2.05) is 24.3 Å². The molecule has 0 radical (unpaired) electrons. The summed E-state index contributed by atoms with van der Waals surface area (Å²) in [6.07, 6.45) is -1.21. The lowest BCUT2D eigenvalue weighted by Crippen LogP contribution is -2.54. The van der Waals surface area contributed by atoms with Gasteiger partial charge in [-0.25, -0.2) is 0 Å². The third kappa shape index (κ3) is 3.89. The lowest BCUT2D eigenvalue weighted by molar-refractivity contribution is -0.137. The number of anilines is 2. The van der Waals surface area contributed by atoms with Crippen LogP contribution < -0.4 is 15.5 Å². The van der Waals surface area contributed by atoms with Crippen LogP contribution in [0.4, 0.5) is 24.5 Å². The van der Waals surface area contributed by atoms with Crippen molar-refractivity contribution in [2.24, 2.45) is 5.73 Å². The van der Waals surface area contributed by atoms with Gasteiger partial charge in [0.15, 0.2) is 0 Å². The summed E-state index contributed by atoms with van der Waals surface area (Å²) in [7, 11) is 0. The molecule has 2 aromatic carbocycles. The van der Waals surface area contributed by atoms with Gasteiger partial charge in [-0.1, -0.05) is 18.7 Å². The Morgan fingerprint density at radius 1 is 1.15 bits per heavy atom. The second kappa shape index (κ2) is 8.52. The van der Waals surface area contributed by atoms with Crippen molar-refractivity contribution in [3.63, 3.8) is 0 Å². The predicted molar refractivity (Wildman–Crippen MR) is 120 cm³/mol. The van der Waals surface area contributed by atoms with Gasteiger partial charge in [-0.15, -0.1) is 0 Å². The van der Waals surface area contributed by atoms with Crippen LogP contribution in [-0.2, 0) is 22.2 Å². The van der Waals surface area contributed by atoms with Crippen LogP contribution in [0.1, 0.15) is 48.8 Å². The van der Waals surface area contributed by atoms with Crippen molar-refractivity contribution in [2.45, 2.75) is 50.2 Å². The highest BCUT2D eigenvalue weighted by Crippen LogP contribution is 2.50. The van der Waals surface area contributed by atoms with Crippen LogP contribution in [0.15, 0.2) is 54.9 Å². The highest BCUT2D eigenvalue weighted by molar-refractivity contribution is 6.11. The molecule has 4 rings (SSSR count). The van der Waals surface area contributed by atoms with E-state index >= 15 is 0 Å². The monoisotopic (exact) mass is 468 g/mol. The molecule has 9 heteroatoms. The van der Waals surface area contributed by atoms with Gasteiger partial charge < -0.3 is 10.6 Å². The lowest BCUT2D eigenvalue weighted by atomic mass is 9.75. The first-order valence-electron chi connectivity index (χ1n) is 10.9. The average molecular weight is 468 g/mol. The number of nitrogens with zero attached hydrogens (tertiary/aromatic N) is 3. The summed E-state index contributed by atoms with van der Waals surface area (Å²) in [5.41, 5.74) is 4.44. The second-order valence-electron chi connectivity index (χ2n) is 8.60. The normalized spacial score (nSPS) is 17.1. The van der Waals surface area contributed by atoms with Crippen molar-refractivity contribution in [1.82, 2.24) is 0 Å². The first-order chi connectivity index (χ1) is 16.1. The fraction of sp³-hybridized carbons (Fsp3) is 0.320. The second-order valence-corrected chi connectivity index (χ2v) is 8.60. The number of hydrogen-bond acceptors (Lipinski definition) is 4. The Balaban J connectivity index is 1.67. The predicted octanol–water partition coefficient (Wildman–Crippen LogP) is 4.63. The van der Waals surface area contributed by atoms with Crippen molar-refractivity contribution in [1.29, 1.82) is 5.26 Å². The van der Waals surface area contributed by atoms with E-state index in [0.717, 1.165) is 24.1 Å². The molecule has 0 unspecified atom stereocenters. The molecule has 1 saturated heterocycles. The molecule has 34 heavy (non-hydrogen) atoms. The smallest absolute Gasteiger partial charge is 0.370 e. The minimum Gasteiger partial charge on any atom is -0.370 e. The molecule has 2 aromatic rings. The van der Waals surface area contributed by atoms with Crippen LogP contribution >= 0.6 is 0 Å². The van der Waals surface area contributed by atoms with Crippen LogP contribution in [0.5, 0.6) is 0 Å². The number of rotatable bonds is 6. The van der Waals surface area contributed by atoms with Crippen LogP contribution in [-0.4, -0.2) is 17.4 Å². The number of nitriles is 1. The number of aryl methyl sites for hydroxylation is 1. The van der Waals surface area contributed by atoms with Crippen molar-refractivity contribution in [3.05, 3.63) is 71.6 Å². The minimum absolute atomic E-state index is 0.0261. The molecular formula is C25H23F3N4O2. The highest BCUT2D eigenvalue weighted by atomic mass is 19.4. The van der Waals surface area contributed by atoms with Crippen molar-refractivity contribution in [3.8, 4) is 6.07 Å². The van der Waals surface area contributed by atoms with E-state index in [4.69, 9.17) is 11.0 Å². The first kappa shape index (κ1) is 23.4. The van der Waals surface area contributed by atoms with E-state index in [9.17, 15) is 22.8 Å². The topological polar surface area (TPSA) is 90.4 Å². The quantitative estimate of drug-likeness (QED) is 0.669. The van der Waals surface area contributed by atoms with Crippen LogP contribution in [0.2, 0.25) is 0 Å². The Morgan fingerprint density at radius 3 is 2.32 bits per heavy atom. The molecule has 2 N–H and O–H groups in total. The van der Waals surface area contributed by atoms with Gasteiger partial charge in [0.1, 0.15) is 11.4 Å². The molecule has 0 bridgehead atoms. The van der Waals surface area contributed by atoms with E-state index in [-0.39, 0.29) is 23.3 Å². The highest BCUT2D eigenvalue weighted by Gasteiger charge is 2.58. The molecule has 2 amide bonds. The van der Waals surface area contributed by atoms with Crippen LogP contribution in [0, 0.1) is 11.3 Å². The maximum absolute atomic E-state index is 13.5. The van der Waals surface area contributed by atoms with E-state index in [1.54, 1.807) is 11.0 Å². The summed E-state index contributed by atoms with van der Waals surface area (Å²) in [5.74, 6) is -0.414. The number of primary amides is 1. The van der Waals surface area contributed by atoms with E-state index in [2.05, 4.69) is 6.58 Å². The average Bonchev–Trinajstić information content (AvgIpc) is 3.00. The van der Waals surface area contributed by atoms with Gasteiger partial charge in [0.05, 0.1) is 22.9 Å². The zero-order valence-corrected chi connectivity index (χ0v) is 18.4. The standard InChI is InChI=1S/C25H23F3N4O2/c1-16-31(20-11-8-18(15-29)21(14-20)25(26,27)28)23(34)24(12-3-13-24)32(16)19-9-6-17(7-10-19)4-2-5-22(30)33/h6-11,14H,1-5,12-13H2,(H2,30,33). The third-order valence-electron chi connectivity index (χ3n) is 6.50. The molecule has 0 atom stereocenters. The Bertz CT molecular complexity index is 1190. The Hall–Kier alpha value is -3.80. The zero-order chi connectivity index (χ0) is 24.7. The van der Waals surface area contributed by atoms with Crippen molar-refractivity contribution < 1.29 is 22.8 Å². The Labute approximate surface area is 195 Å². The molecule has 2 aliphatic rings. The summed E-state index contributed by atoms with van der Waals surface area (Å²) in [4.78, 5) is 27.5. The summed E-state index contributed by atoms with van der Waals surface area (Å²) in [5, 5.41) is 9.09. The Kier molecular flexibility index (Phi) is 5.86. The number of carbonyl (C=O) groups is 2. The van der Waals surface area contributed by atoms with Gasteiger partial charge in [0.2, 0.25) is 5.91 Å². The number of benzene rings is 2. The van der Waals surface area contributed by atoms with Crippen LogP contribution in [0.25, 0.3) is 0 Å². The zero-order valence-electron chi connectivity index (χ0n) is 18.4. The number of hydrogen-bond donors (Lipinski definition) is 1. The van der Waals surface area contributed by atoms with Crippen molar-refractivity contribution in [2.75, 3.05) is 9.80 Å². The summed E-state index contributed by atoms with van der Waals surface area (Å²) >= 11 is 0. The van der Waals surface area contributed by atoms with Gasteiger partial charge in [-0.05, 0) is 68.0 Å². The van der Waals surface area contributed by atoms with Crippen molar-refractivity contribution >= 4 is 23.2 Å². The first-order valence-corrected chi connectivity index (χ1v) is 10.9. The molecule has 1 spiro atoms. The molecule has 176 valence electrons. The fourth-order valence-electron chi connectivity index (χ4n) is 4.66. The third-order valence-corrected chi connectivity index (χ3v) is 6.50. The minimum atomic E-state index is -4.73. The van der Waals surface area contributed by atoms with Gasteiger partial charge >= 0.3 is 6.18 Å². The number of amides is 2. The lowest BCUT2D eigenvalue weighted by Gasteiger charge is -2.43. The molecule has 1 aliphatic carbocycles. The maximum Gasteiger partial charge on any atom is 0.417 e. The molecular weight excluding hydrogens is 445 g/mol. The van der Waals surface area contributed by atoms with E-state index < -0.39 is 22.8 Å². The molecule has 1 heterocycles. The number of nitrogens with two attached hydrogens (primary N) is 1. The largest absolute Gasteiger partial charge is 0.417 e. The summed E-state index contributed by atoms with van der Waals surface area (Å²) < 4.78 is 40.6. The number of halogens is 3. The molecule has 0 aromatic heterocycles. The molecule has 2 fully saturated rings. The fourth-order valence-corrected chi connectivity index (χ4v) is 4.66. The van der Waals surface area contributed by atoms with Gasteiger partial charge in [0, 0.05) is 12.1 Å². The molecule has 6 nitrogen and oxygen atoms in total. The van der Waals surface area contributed by atoms with Gasteiger partial charge in [-0.2, -0.15) is 18.4 Å². The van der Waals surface area contributed by atoms with E-state index in [0.29, 0.717) is 37.8 Å². The number of carbonyl (C=O) groups excluding carboxylic acids is 2. The molecule has 1 saturated carbocycles. The molecule has 1 aliphatic heterocycles. The Morgan fingerprint density at radius 2 is 1.79 bits per heavy atom. The van der Waals surface area contributed by atoms with Gasteiger partial charge in [-0.3, -0.25) is 14.5 Å². The maximum atomic E-state index is 13.5. The summed E-state index contributed by atoms with van der Waals surface area (Å²) in [6, 6.07) is 12.3. The van der Waals surface area contributed by atoms with Gasteiger partial charge in [0.25, 0.3) is 5.91 Å². The SMILES string of the molecule is C=C1N(c2ccc(C#N)c(C(F)(F)F)c2)C(=O)C2(CCC2)N1c1ccc(CCCC(N)=O)cc1. The summed E-state index contributed by atoms with van der Waals surface area (Å²) in [6.45, 7) is 4.06. The van der Waals surface area contributed by atoms with E-state index in [1.165, 1.54) is 11.0 Å². The van der Waals surface area contributed by atoms with Crippen LogP contribution in [0.3, 0.4) is 0 Å².